The number of hydrogen-bond donors (Lipinski definition) is 1. The number of halogens is 1. The number of rotatable bonds is 10. The van der Waals surface area contributed by atoms with E-state index in [-0.39, 0.29) is 31.0 Å². The molecule has 0 fully saturated rings. The summed E-state index contributed by atoms with van der Waals surface area (Å²) >= 11 is 6.38. The summed E-state index contributed by atoms with van der Waals surface area (Å²) in [5.74, 6) is 0.197. The lowest BCUT2D eigenvalue weighted by Gasteiger charge is -2.31. The van der Waals surface area contributed by atoms with Gasteiger partial charge >= 0.3 is 0 Å². The van der Waals surface area contributed by atoms with Gasteiger partial charge in [-0.1, -0.05) is 80.0 Å². The molecule has 0 aliphatic rings. The van der Waals surface area contributed by atoms with Gasteiger partial charge in [-0.2, -0.15) is 0 Å². The van der Waals surface area contributed by atoms with Crippen LogP contribution in [0.2, 0.25) is 5.02 Å². The van der Waals surface area contributed by atoms with Crippen LogP contribution in [0.5, 0.6) is 5.75 Å². The monoisotopic (exact) mass is 466 g/mol. The molecule has 0 aromatic heterocycles. The number of nitrogens with one attached hydrogen (secondary N) is 1. The Morgan fingerprint density at radius 3 is 2.39 bits per heavy atom. The molecule has 3 rings (SSSR count). The molecule has 3 aromatic rings. The summed E-state index contributed by atoms with van der Waals surface area (Å²) in [7, 11) is 0. The van der Waals surface area contributed by atoms with Gasteiger partial charge in [0.1, 0.15) is 11.8 Å². The molecule has 174 valence electrons. The number of hydrogen-bond acceptors (Lipinski definition) is 3. The smallest absolute Gasteiger partial charge is 0.261 e. The molecule has 0 unspecified atom stereocenters. The summed E-state index contributed by atoms with van der Waals surface area (Å²) in [5.41, 5.74) is 0.785. The van der Waals surface area contributed by atoms with Crippen molar-refractivity contribution < 1.29 is 14.3 Å². The number of benzene rings is 3. The van der Waals surface area contributed by atoms with E-state index in [4.69, 9.17) is 16.3 Å². The number of amides is 2. The van der Waals surface area contributed by atoms with Crippen molar-refractivity contribution in [2.75, 3.05) is 6.61 Å². The van der Waals surface area contributed by atoms with Crippen LogP contribution in [-0.2, 0) is 16.1 Å². The normalized spacial score (nSPS) is 12.7. The van der Waals surface area contributed by atoms with Crippen molar-refractivity contribution in [3.05, 3.63) is 77.3 Å². The molecule has 2 atom stereocenters. The predicted molar refractivity (Wildman–Crippen MR) is 133 cm³/mol. The quantitative estimate of drug-likeness (QED) is 0.423. The minimum atomic E-state index is -0.626. The van der Waals surface area contributed by atoms with Crippen LogP contribution in [0.25, 0.3) is 10.8 Å². The molecule has 3 aromatic carbocycles. The number of fused-ring (bicyclic) bond motifs is 1. The Hall–Kier alpha value is -3.05. The molecule has 0 spiro atoms. The van der Waals surface area contributed by atoms with Gasteiger partial charge < -0.3 is 15.0 Å². The average Bonchev–Trinajstić information content (AvgIpc) is 2.83. The van der Waals surface area contributed by atoms with E-state index in [1.807, 2.05) is 81.4 Å². The molecule has 0 heterocycles. The highest BCUT2D eigenvalue weighted by atomic mass is 35.5. The summed E-state index contributed by atoms with van der Waals surface area (Å²) in [6.45, 7) is 5.92. The molecule has 6 heteroatoms. The van der Waals surface area contributed by atoms with E-state index in [1.165, 1.54) is 0 Å². The Kier molecular flexibility index (Phi) is 8.72. The van der Waals surface area contributed by atoms with Gasteiger partial charge in [0.25, 0.3) is 5.91 Å². The first-order chi connectivity index (χ1) is 15.9. The lowest BCUT2D eigenvalue weighted by molar-refractivity contribution is -0.143. The van der Waals surface area contributed by atoms with Crippen LogP contribution >= 0.6 is 11.6 Å². The number of ether oxygens (including phenoxy) is 1. The maximum absolute atomic E-state index is 13.4. The van der Waals surface area contributed by atoms with Crippen molar-refractivity contribution >= 4 is 34.2 Å². The standard InChI is InChI=1S/C27H31ClN2O3/c1-4-19(3)29-27(32)24(5-2)30(17-21-12-7-9-15-23(21)28)26(31)18-33-25-16-10-13-20-11-6-8-14-22(20)25/h6-16,19,24H,4-5,17-18H2,1-3H3,(H,29,32)/t19-,24+/m1/s1. The highest BCUT2D eigenvalue weighted by Gasteiger charge is 2.30. The zero-order valence-corrected chi connectivity index (χ0v) is 20.1. The zero-order valence-electron chi connectivity index (χ0n) is 19.4. The van der Waals surface area contributed by atoms with E-state index < -0.39 is 6.04 Å². The third-order valence-corrected chi connectivity index (χ3v) is 6.15. The SMILES string of the molecule is CC[C@@H](C)NC(=O)[C@H](CC)N(Cc1ccccc1Cl)C(=O)COc1cccc2ccccc12. The molecular formula is C27H31ClN2O3. The maximum atomic E-state index is 13.4. The summed E-state index contributed by atoms with van der Waals surface area (Å²) < 4.78 is 5.95. The van der Waals surface area contributed by atoms with Crippen molar-refractivity contribution in [1.82, 2.24) is 10.2 Å². The summed E-state index contributed by atoms with van der Waals surface area (Å²) in [5, 5.41) is 5.54. The van der Waals surface area contributed by atoms with E-state index in [0.29, 0.717) is 17.2 Å². The van der Waals surface area contributed by atoms with Crippen molar-refractivity contribution in [1.29, 1.82) is 0 Å². The minimum Gasteiger partial charge on any atom is -0.483 e. The molecule has 2 amide bonds. The minimum absolute atomic E-state index is 0.0238. The van der Waals surface area contributed by atoms with E-state index in [9.17, 15) is 9.59 Å². The Balaban J connectivity index is 1.84. The number of carbonyl (C=O) groups excluding carboxylic acids is 2. The molecule has 0 bridgehead atoms. The van der Waals surface area contributed by atoms with Crippen molar-refractivity contribution in [3.8, 4) is 5.75 Å². The zero-order chi connectivity index (χ0) is 23.8. The summed E-state index contributed by atoms with van der Waals surface area (Å²) in [6, 6.07) is 20.4. The maximum Gasteiger partial charge on any atom is 0.261 e. The Morgan fingerprint density at radius 2 is 1.67 bits per heavy atom. The topological polar surface area (TPSA) is 58.6 Å². The first-order valence-electron chi connectivity index (χ1n) is 11.4. The van der Waals surface area contributed by atoms with Crippen LogP contribution in [0.3, 0.4) is 0 Å². The van der Waals surface area contributed by atoms with E-state index in [2.05, 4.69) is 5.32 Å². The van der Waals surface area contributed by atoms with Crippen molar-refractivity contribution in [2.24, 2.45) is 0 Å². The fourth-order valence-corrected chi connectivity index (χ4v) is 3.91. The first-order valence-corrected chi connectivity index (χ1v) is 11.8. The Bertz CT molecular complexity index is 1100. The second kappa shape index (κ2) is 11.7. The molecule has 5 nitrogen and oxygen atoms in total. The van der Waals surface area contributed by atoms with Crippen LogP contribution in [-0.4, -0.2) is 35.4 Å². The van der Waals surface area contributed by atoms with Gasteiger partial charge in [0.2, 0.25) is 5.91 Å². The van der Waals surface area contributed by atoms with Gasteiger partial charge in [-0.25, -0.2) is 0 Å². The molecular weight excluding hydrogens is 436 g/mol. The van der Waals surface area contributed by atoms with Crippen molar-refractivity contribution in [2.45, 2.75) is 52.2 Å². The molecule has 0 radical (unpaired) electrons. The van der Waals surface area contributed by atoms with E-state index in [0.717, 1.165) is 22.8 Å². The molecule has 1 N–H and O–H groups in total. The molecule has 0 aliphatic heterocycles. The molecule has 33 heavy (non-hydrogen) atoms. The van der Waals surface area contributed by atoms with Gasteiger partial charge in [-0.05, 0) is 42.8 Å². The van der Waals surface area contributed by atoms with Crippen LogP contribution < -0.4 is 10.1 Å². The third-order valence-electron chi connectivity index (χ3n) is 5.79. The number of nitrogens with zero attached hydrogens (tertiary/aromatic N) is 1. The van der Waals surface area contributed by atoms with Crippen molar-refractivity contribution in [3.63, 3.8) is 0 Å². The second-order valence-corrected chi connectivity index (χ2v) is 8.53. The Labute approximate surface area is 200 Å². The summed E-state index contributed by atoms with van der Waals surface area (Å²) in [4.78, 5) is 28.0. The van der Waals surface area contributed by atoms with E-state index >= 15 is 0 Å². The fourth-order valence-electron chi connectivity index (χ4n) is 3.71. The second-order valence-electron chi connectivity index (χ2n) is 8.12. The van der Waals surface area contributed by atoms with Crippen LogP contribution in [0.1, 0.15) is 39.2 Å². The molecule has 0 aliphatic carbocycles. The van der Waals surface area contributed by atoms with Gasteiger partial charge in [0.05, 0.1) is 0 Å². The lowest BCUT2D eigenvalue weighted by Crippen LogP contribution is -2.51. The van der Waals surface area contributed by atoms with Gasteiger partial charge in [0.15, 0.2) is 6.61 Å². The predicted octanol–water partition coefficient (Wildman–Crippen LogP) is 5.59. The molecule has 0 saturated carbocycles. The molecule has 0 saturated heterocycles. The Morgan fingerprint density at radius 1 is 0.970 bits per heavy atom. The van der Waals surface area contributed by atoms with E-state index in [1.54, 1.807) is 11.0 Å². The van der Waals surface area contributed by atoms with Crippen LogP contribution in [0, 0.1) is 0 Å². The fraction of sp³-hybridized carbons (Fsp3) is 0.333. The third kappa shape index (κ3) is 6.26. The highest BCUT2D eigenvalue weighted by molar-refractivity contribution is 6.31. The lowest BCUT2D eigenvalue weighted by atomic mass is 10.1. The van der Waals surface area contributed by atoms with Gasteiger partial charge in [-0.15, -0.1) is 0 Å². The number of carbonyl (C=O) groups is 2. The van der Waals surface area contributed by atoms with Crippen LogP contribution in [0.4, 0.5) is 0 Å². The highest BCUT2D eigenvalue weighted by Crippen LogP contribution is 2.26. The largest absolute Gasteiger partial charge is 0.483 e. The summed E-state index contributed by atoms with van der Waals surface area (Å²) in [6.07, 6.45) is 1.29. The first kappa shape index (κ1) is 24.6. The van der Waals surface area contributed by atoms with Gasteiger partial charge in [-0.3, -0.25) is 9.59 Å². The average molecular weight is 467 g/mol. The van der Waals surface area contributed by atoms with Gasteiger partial charge in [0, 0.05) is 23.0 Å². The van der Waals surface area contributed by atoms with Crippen LogP contribution in [0.15, 0.2) is 66.7 Å².